The highest BCUT2D eigenvalue weighted by molar-refractivity contribution is 8.00. The Morgan fingerprint density at radius 3 is 2.45 bits per heavy atom. The van der Waals surface area contributed by atoms with Gasteiger partial charge in [0, 0.05) is 11.3 Å². The van der Waals surface area contributed by atoms with Gasteiger partial charge < -0.3 is 0 Å². The fourth-order valence-corrected chi connectivity index (χ4v) is 1.35. The molecule has 0 aliphatic rings. The van der Waals surface area contributed by atoms with Gasteiger partial charge in [0.15, 0.2) is 0 Å². The average Bonchev–Trinajstić information content (AvgIpc) is 2.04. The second-order valence-corrected chi connectivity index (χ2v) is 3.54. The van der Waals surface area contributed by atoms with Crippen LogP contribution in [-0.2, 0) is 6.42 Å². The van der Waals surface area contributed by atoms with Crippen LogP contribution in [0.1, 0.15) is 5.56 Å². The first-order valence-corrected chi connectivity index (χ1v) is 4.97. The van der Waals surface area contributed by atoms with Gasteiger partial charge in [-0.25, -0.2) is 0 Å². The van der Waals surface area contributed by atoms with Gasteiger partial charge in [0.2, 0.25) is 0 Å². The molecule has 0 amide bonds. The summed E-state index contributed by atoms with van der Waals surface area (Å²) < 4.78 is 0. The molecule has 0 bridgehead atoms. The van der Waals surface area contributed by atoms with Gasteiger partial charge in [-0.05, 0) is 29.9 Å². The van der Waals surface area contributed by atoms with E-state index in [1.54, 1.807) is 11.8 Å². The van der Waals surface area contributed by atoms with Crippen LogP contribution in [0.25, 0.3) is 0 Å². The summed E-state index contributed by atoms with van der Waals surface area (Å²) in [5.74, 6) is 1.07. The smallest absolute Gasteiger partial charge is 0.0406 e. The summed E-state index contributed by atoms with van der Waals surface area (Å²) in [4.78, 5) is 0. The highest BCUT2D eigenvalue weighted by Crippen LogP contribution is 2.11. The molecule has 0 saturated carbocycles. The fourth-order valence-electron chi connectivity index (χ4n) is 0.841. The largest absolute Gasteiger partial charge is 0.161 e. The van der Waals surface area contributed by atoms with Crippen molar-refractivity contribution in [2.45, 2.75) is 6.42 Å². The van der Waals surface area contributed by atoms with E-state index in [9.17, 15) is 0 Å². The van der Waals surface area contributed by atoms with E-state index >= 15 is 0 Å². The third-order valence-electron chi connectivity index (χ3n) is 1.45. The van der Waals surface area contributed by atoms with Gasteiger partial charge in [-0.3, -0.25) is 0 Å². The lowest BCUT2D eigenvalue weighted by Gasteiger charge is -1.98. The summed E-state index contributed by atoms with van der Waals surface area (Å²) in [5.41, 5.74) is 1.32. The lowest BCUT2D eigenvalue weighted by molar-refractivity contribution is 1.16. The van der Waals surface area contributed by atoms with Gasteiger partial charge in [-0.2, -0.15) is 11.8 Å². The first-order valence-electron chi connectivity index (χ1n) is 3.44. The van der Waals surface area contributed by atoms with Crippen LogP contribution >= 0.6 is 23.4 Å². The van der Waals surface area contributed by atoms with Crippen LogP contribution in [0.5, 0.6) is 0 Å². The predicted molar refractivity (Wildman–Crippen MR) is 53.0 cm³/mol. The summed E-state index contributed by atoms with van der Waals surface area (Å²) in [6, 6.07) is 7.95. The molecule has 0 saturated heterocycles. The van der Waals surface area contributed by atoms with E-state index in [1.165, 1.54) is 5.56 Å². The molecule has 0 unspecified atom stereocenters. The summed E-state index contributed by atoms with van der Waals surface area (Å²) in [5, 5.41) is 0.802. The van der Waals surface area contributed by atoms with Crippen LogP contribution in [0.3, 0.4) is 0 Å². The lowest BCUT2D eigenvalue weighted by atomic mass is 10.2. The molecular weight excluding hydrogens is 176 g/mol. The van der Waals surface area contributed by atoms with Gasteiger partial charge in [-0.1, -0.05) is 23.7 Å². The second-order valence-electron chi connectivity index (χ2n) is 2.28. The molecule has 0 aliphatic carbocycles. The first-order chi connectivity index (χ1) is 5.33. The number of halogens is 1. The Kier molecular flexibility index (Phi) is 3.81. The van der Waals surface area contributed by atoms with E-state index in [2.05, 4.69) is 18.4 Å². The Balaban J connectivity index is 2.52. The van der Waals surface area contributed by atoms with E-state index in [-0.39, 0.29) is 0 Å². The molecule has 59 valence electrons. The number of benzene rings is 1. The summed E-state index contributed by atoms with van der Waals surface area (Å²) >= 11 is 7.35. The summed E-state index contributed by atoms with van der Waals surface area (Å²) in [6.45, 7) is 0. The van der Waals surface area contributed by atoms with E-state index in [1.807, 2.05) is 12.1 Å². The van der Waals surface area contributed by atoms with E-state index in [4.69, 9.17) is 11.6 Å². The fraction of sp³-hybridized carbons (Fsp3) is 0.222. The SMILES string of the molecule is [CH2]SCCc1ccc(Cl)cc1. The topological polar surface area (TPSA) is 0 Å². The zero-order valence-corrected chi connectivity index (χ0v) is 7.79. The maximum absolute atomic E-state index is 5.73. The van der Waals surface area contributed by atoms with Crippen molar-refractivity contribution in [3.05, 3.63) is 41.1 Å². The minimum atomic E-state index is 0.802. The number of aryl methyl sites for hydroxylation is 1. The molecule has 0 N–H and O–H groups in total. The van der Waals surface area contributed by atoms with E-state index < -0.39 is 0 Å². The van der Waals surface area contributed by atoms with Crippen molar-refractivity contribution in [3.8, 4) is 0 Å². The van der Waals surface area contributed by atoms with Crippen LogP contribution in [0.15, 0.2) is 24.3 Å². The van der Waals surface area contributed by atoms with E-state index in [0.29, 0.717) is 0 Å². The zero-order chi connectivity index (χ0) is 8.10. The molecule has 0 fully saturated rings. The average molecular weight is 186 g/mol. The third-order valence-corrected chi connectivity index (χ3v) is 2.19. The quantitative estimate of drug-likeness (QED) is 0.696. The Morgan fingerprint density at radius 1 is 1.27 bits per heavy atom. The second kappa shape index (κ2) is 4.68. The van der Waals surface area contributed by atoms with E-state index in [0.717, 1.165) is 17.2 Å². The maximum Gasteiger partial charge on any atom is 0.0406 e. The molecule has 11 heavy (non-hydrogen) atoms. The van der Waals surface area contributed by atoms with Crippen LogP contribution in [0.2, 0.25) is 5.02 Å². The van der Waals surface area contributed by atoms with Crippen molar-refractivity contribution in [2.75, 3.05) is 5.75 Å². The molecule has 1 aromatic rings. The van der Waals surface area contributed by atoms with Crippen LogP contribution in [0.4, 0.5) is 0 Å². The van der Waals surface area contributed by atoms with Crippen LogP contribution < -0.4 is 0 Å². The molecule has 0 atom stereocenters. The minimum Gasteiger partial charge on any atom is -0.161 e. The van der Waals surface area contributed by atoms with Gasteiger partial charge >= 0.3 is 0 Å². The molecule has 1 radical (unpaired) electrons. The minimum absolute atomic E-state index is 0.802. The number of hydrogen-bond acceptors (Lipinski definition) is 1. The molecule has 1 rings (SSSR count). The zero-order valence-electron chi connectivity index (χ0n) is 6.22. The summed E-state index contributed by atoms with van der Waals surface area (Å²) in [6.07, 6.45) is 4.78. The standard InChI is InChI=1S/C9H10ClS/c1-11-7-6-8-2-4-9(10)5-3-8/h2-5H,1,6-7H2. The Hall–Kier alpha value is -0.140. The van der Waals surface area contributed by atoms with Crippen LogP contribution in [0, 0.1) is 6.26 Å². The van der Waals surface area contributed by atoms with Gasteiger partial charge in [-0.15, -0.1) is 0 Å². The van der Waals surface area contributed by atoms with Gasteiger partial charge in [0.1, 0.15) is 0 Å². The molecule has 0 spiro atoms. The Bertz CT molecular complexity index is 205. The van der Waals surface area contributed by atoms with Crippen molar-refractivity contribution in [1.82, 2.24) is 0 Å². The van der Waals surface area contributed by atoms with Gasteiger partial charge in [0.25, 0.3) is 0 Å². The number of rotatable bonds is 3. The third kappa shape index (κ3) is 3.17. The Morgan fingerprint density at radius 2 is 1.91 bits per heavy atom. The van der Waals surface area contributed by atoms with Crippen molar-refractivity contribution >= 4 is 23.4 Å². The normalized spacial score (nSPS) is 10.0. The molecule has 0 heterocycles. The predicted octanol–water partition coefficient (Wildman–Crippen LogP) is 3.41. The van der Waals surface area contributed by atoms with Crippen molar-refractivity contribution < 1.29 is 0 Å². The lowest BCUT2D eigenvalue weighted by Crippen LogP contribution is -1.85. The highest BCUT2D eigenvalue weighted by atomic mass is 35.5. The first kappa shape index (κ1) is 8.95. The summed E-state index contributed by atoms with van der Waals surface area (Å²) in [7, 11) is 0. The molecule has 2 heteroatoms. The molecule has 0 aromatic heterocycles. The monoisotopic (exact) mass is 185 g/mol. The van der Waals surface area contributed by atoms with Gasteiger partial charge in [0.05, 0.1) is 0 Å². The van der Waals surface area contributed by atoms with Crippen molar-refractivity contribution in [3.63, 3.8) is 0 Å². The highest BCUT2D eigenvalue weighted by Gasteiger charge is 1.91. The van der Waals surface area contributed by atoms with Crippen LogP contribution in [-0.4, -0.2) is 5.75 Å². The molecular formula is C9H10ClS. The maximum atomic E-state index is 5.73. The van der Waals surface area contributed by atoms with Crippen molar-refractivity contribution in [1.29, 1.82) is 0 Å². The number of thioether (sulfide) groups is 1. The molecule has 0 aliphatic heterocycles. The Labute approximate surface area is 77.0 Å². The molecule has 0 nitrogen and oxygen atoms in total. The number of hydrogen-bond donors (Lipinski definition) is 0. The van der Waals surface area contributed by atoms with Crippen molar-refractivity contribution in [2.24, 2.45) is 0 Å². The molecule has 1 aromatic carbocycles.